The third kappa shape index (κ3) is 5.01. The van der Waals surface area contributed by atoms with Crippen LogP contribution in [0.2, 0.25) is 5.02 Å². The van der Waals surface area contributed by atoms with Gasteiger partial charge in [-0.3, -0.25) is 14.4 Å². The lowest BCUT2D eigenvalue weighted by Gasteiger charge is -2.65. The van der Waals surface area contributed by atoms with Crippen molar-refractivity contribution >= 4 is 29.4 Å². The van der Waals surface area contributed by atoms with Gasteiger partial charge in [0, 0.05) is 25.4 Å². The zero-order valence-corrected chi connectivity index (χ0v) is 21.5. The molecule has 2 aromatic carbocycles. The Hall–Kier alpha value is -2.86. The van der Waals surface area contributed by atoms with E-state index in [1.807, 2.05) is 18.2 Å². The third-order valence-electron chi connectivity index (χ3n) is 8.16. The van der Waals surface area contributed by atoms with Crippen molar-refractivity contribution in [2.75, 3.05) is 6.54 Å². The van der Waals surface area contributed by atoms with Gasteiger partial charge in [0.15, 0.2) is 11.5 Å². The molecule has 6 rings (SSSR count). The van der Waals surface area contributed by atoms with E-state index in [0.29, 0.717) is 30.2 Å². The quantitative estimate of drug-likeness (QED) is 0.388. The van der Waals surface area contributed by atoms with Crippen LogP contribution in [0.1, 0.15) is 69.4 Å². The van der Waals surface area contributed by atoms with Gasteiger partial charge in [-0.2, -0.15) is 0 Å². The molecule has 0 radical (unpaired) electrons. The van der Waals surface area contributed by atoms with Crippen LogP contribution in [0.15, 0.2) is 42.5 Å². The minimum atomic E-state index is -0.493. The molecule has 7 heteroatoms. The number of carbonyl (C=O) groups excluding carboxylic acids is 3. The molecule has 1 amide bonds. The molecule has 6 nitrogen and oxygen atoms in total. The first-order valence-corrected chi connectivity index (χ1v) is 13.1. The fraction of sp³-hybridized carbons (Fsp3) is 0.483. The number of halogens is 1. The van der Waals surface area contributed by atoms with Crippen LogP contribution in [0.5, 0.6) is 11.5 Å². The highest BCUT2D eigenvalue weighted by Crippen LogP contribution is 2.71. The van der Waals surface area contributed by atoms with Crippen LogP contribution in [0.4, 0.5) is 0 Å². The number of benzene rings is 2. The van der Waals surface area contributed by atoms with Crippen molar-refractivity contribution in [1.29, 1.82) is 0 Å². The molecule has 2 aromatic rings. The highest BCUT2D eigenvalue weighted by atomic mass is 35.5. The summed E-state index contributed by atoms with van der Waals surface area (Å²) in [6, 6.07) is 13.4. The van der Waals surface area contributed by atoms with E-state index >= 15 is 0 Å². The Morgan fingerprint density at radius 3 is 2.31 bits per heavy atom. The van der Waals surface area contributed by atoms with Crippen LogP contribution in [0.25, 0.3) is 0 Å². The van der Waals surface area contributed by atoms with E-state index in [9.17, 15) is 14.4 Å². The molecule has 36 heavy (non-hydrogen) atoms. The Morgan fingerprint density at radius 1 is 0.944 bits per heavy atom. The number of ether oxygens (including phenoxy) is 2. The van der Waals surface area contributed by atoms with Gasteiger partial charge in [-0.15, -0.1) is 0 Å². The normalized spacial score (nSPS) is 28.0. The lowest BCUT2D eigenvalue weighted by atomic mass is 9.38. The molecule has 3 bridgehead atoms. The fourth-order valence-electron chi connectivity index (χ4n) is 7.24. The monoisotopic (exact) mass is 509 g/mol. The first kappa shape index (κ1) is 24.8. The molecule has 2 unspecified atom stereocenters. The van der Waals surface area contributed by atoms with Gasteiger partial charge in [0.05, 0.1) is 5.41 Å². The molecule has 2 atom stereocenters. The predicted molar refractivity (Wildman–Crippen MR) is 136 cm³/mol. The Kier molecular flexibility index (Phi) is 6.58. The molecule has 0 aromatic heterocycles. The number of carbonyl (C=O) groups is 3. The molecule has 1 spiro atoms. The van der Waals surface area contributed by atoms with E-state index in [2.05, 4.69) is 17.4 Å². The largest absolute Gasteiger partial charge is 0.423 e. The number of rotatable bonds is 7. The van der Waals surface area contributed by atoms with Crippen molar-refractivity contribution in [2.45, 2.75) is 64.7 Å². The van der Waals surface area contributed by atoms with Gasteiger partial charge in [-0.05, 0) is 97.6 Å². The molecule has 4 aliphatic carbocycles. The Labute approximate surface area is 216 Å². The molecule has 0 aliphatic heterocycles. The van der Waals surface area contributed by atoms with Gasteiger partial charge in [0.2, 0.25) is 5.91 Å². The second-order valence-corrected chi connectivity index (χ2v) is 11.5. The number of hydrogen-bond donors (Lipinski definition) is 1. The van der Waals surface area contributed by atoms with Gasteiger partial charge in [-0.1, -0.05) is 29.8 Å². The van der Waals surface area contributed by atoms with Crippen LogP contribution in [-0.2, 0) is 20.8 Å². The first-order chi connectivity index (χ1) is 17.2. The molecular formula is C29H32ClNO5. The first-order valence-electron chi connectivity index (χ1n) is 12.7. The Balaban J connectivity index is 1.18. The van der Waals surface area contributed by atoms with E-state index in [-0.39, 0.29) is 22.8 Å². The maximum Gasteiger partial charge on any atom is 0.308 e. The zero-order chi connectivity index (χ0) is 25.5. The number of nitrogens with one attached hydrogen (secondary N) is 1. The maximum atomic E-state index is 13.3. The molecule has 0 heterocycles. The average molecular weight is 510 g/mol. The summed E-state index contributed by atoms with van der Waals surface area (Å²) in [6.45, 7) is 3.09. The predicted octanol–water partition coefficient (Wildman–Crippen LogP) is 5.60. The van der Waals surface area contributed by atoms with Crippen molar-refractivity contribution in [1.82, 2.24) is 5.32 Å². The van der Waals surface area contributed by atoms with Gasteiger partial charge < -0.3 is 14.8 Å². The lowest BCUT2D eigenvalue weighted by Crippen LogP contribution is -2.62. The second kappa shape index (κ2) is 9.55. The SMILES string of the molecule is CC(=O)Oc1ccc(CCNC(=O)C23CC4CC(c5ccc(Cl)cc5)CC(C4)(C2)C3)cc1OC(C)=O. The molecule has 4 aliphatic rings. The van der Waals surface area contributed by atoms with E-state index in [1.54, 1.807) is 12.1 Å². The van der Waals surface area contributed by atoms with Crippen molar-refractivity contribution in [3.63, 3.8) is 0 Å². The molecular weight excluding hydrogens is 478 g/mol. The number of amides is 1. The number of esters is 2. The Bertz CT molecular complexity index is 1180. The van der Waals surface area contributed by atoms with Gasteiger partial charge >= 0.3 is 11.9 Å². The number of hydrogen-bond acceptors (Lipinski definition) is 5. The van der Waals surface area contributed by atoms with Crippen LogP contribution in [-0.4, -0.2) is 24.4 Å². The highest BCUT2D eigenvalue weighted by molar-refractivity contribution is 6.30. The van der Waals surface area contributed by atoms with E-state index in [4.69, 9.17) is 21.1 Å². The van der Waals surface area contributed by atoms with Crippen molar-refractivity contribution in [2.24, 2.45) is 16.7 Å². The summed E-state index contributed by atoms with van der Waals surface area (Å²) < 4.78 is 10.3. The summed E-state index contributed by atoms with van der Waals surface area (Å²) in [5.74, 6) is 0.748. The van der Waals surface area contributed by atoms with Gasteiger partial charge in [-0.25, -0.2) is 0 Å². The fourth-order valence-corrected chi connectivity index (χ4v) is 7.37. The van der Waals surface area contributed by atoms with E-state index in [1.165, 1.54) is 25.8 Å². The average Bonchev–Trinajstić information content (AvgIpc) is 2.79. The van der Waals surface area contributed by atoms with Crippen LogP contribution in [0.3, 0.4) is 0 Å². The minimum absolute atomic E-state index is 0.171. The summed E-state index contributed by atoms with van der Waals surface area (Å²) in [5, 5.41) is 3.95. The van der Waals surface area contributed by atoms with Crippen molar-refractivity contribution in [3.8, 4) is 11.5 Å². The summed E-state index contributed by atoms with van der Waals surface area (Å²) in [4.78, 5) is 36.1. The lowest BCUT2D eigenvalue weighted by molar-refractivity contribution is -0.176. The summed E-state index contributed by atoms with van der Waals surface area (Å²) in [6.07, 6.45) is 7.09. The summed E-state index contributed by atoms with van der Waals surface area (Å²) >= 11 is 6.09. The van der Waals surface area contributed by atoms with Gasteiger partial charge in [0.1, 0.15) is 0 Å². The molecule has 4 fully saturated rings. The smallest absolute Gasteiger partial charge is 0.308 e. The third-order valence-corrected chi connectivity index (χ3v) is 8.41. The molecule has 1 N–H and O–H groups in total. The van der Waals surface area contributed by atoms with Crippen LogP contribution in [0, 0.1) is 16.7 Å². The topological polar surface area (TPSA) is 81.7 Å². The van der Waals surface area contributed by atoms with E-state index in [0.717, 1.165) is 42.7 Å². The van der Waals surface area contributed by atoms with Crippen molar-refractivity contribution in [3.05, 3.63) is 58.6 Å². The van der Waals surface area contributed by atoms with Gasteiger partial charge in [0.25, 0.3) is 0 Å². The summed E-state index contributed by atoms with van der Waals surface area (Å²) in [7, 11) is 0. The van der Waals surface area contributed by atoms with Crippen LogP contribution >= 0.6 is 11.6 Å². The zero-order valence-electron chi connectivity index (χ0n) is 20.8. The summed E-state index contributed by atoms with van der Waals surface area (Å²) in [5.41, 5.74) is 2.33. The molecule has 190 valence electrons. The maximum absolute atomic E-state index is 13.3. The van der Waals surface area contributed by atoms with Crippen LogP contribution < -0.4 is 14.8 Å². The molecule has 4 saturated carbocycles. The minimum Gasteiger partial charge on any atom is -0.423 e. The second-order valence-electron chi connectivity index (χ2n) is 11.1. The highest BCUT2D eigenvalue weighted by Gasteiger charge is 2.65. The van der Waals surface area contributed by atoms with Crippen molar-refractivity contribution < 1.29 is 23.9 Å². The standard InChI is InChI=1S/C29H32ClNO5/c1-18(32)35-25-8-3-20(12-26(25)36-19(2)33)9-10-31-27(34)29-14-21-11-23(15-28(13-21,16-29)17-29)22-4-6-24(30)7-5-22/h3-8,12,21,23H,9-11,13-17H2,1-2H3,(H,31,34). The Morgan fingerprint density at radius 2 is 1.64 bits per heavy atom. The van der Waals surface area contributed by atoms with E-state index < -0.39 is 11.9 Å². The molecule has 0 saturated heterocycles.